The number of nitrogens with zero attached hydrogens (tertiary/aromatic N) is 1. The molecule has 8 heteroatoms. The SMILES string of the molecule is COc1cc(C)c(S(=O)(=O)[C@H]2CS(=O)(=O)C[C@@H]2N2CCCCC2)cc1C. The molecule has 3 rings (SSSR count). The summed E-state index contributed by atoms with van der Waals surface area (Å²) in [5, 5.41) is -0.905. The highest BCUT2D eigenvalue weighted by Crippen LogP contribution is 2.34. The van der Waals surface area contributed by atoms with E-state index in [4.69, 9.17) is 4.74 Å². The predicted octanol–water partition coefficient (Wildman–Crippen LogP) is 1.74. The van der Waals surface area contributed by atoms with E-state index in [-0.39, 0.29) is 16.4 Å². The minimum atomic E-state index is -3.76. The van der Waals surface area contributed by atoms with Gasteiger partial charge < -0.3 is 4.74 Å². The van der Waals surface area contributed by atoms with Crippen LogP contribution in [0.4, 0.5) is 0 Å². The Morgan fingerprint density at radius 2 is 1.69 bits per heavy atom. The Balaban J connectivity index is 2.02. The standard InChI is InChI=1S/C18H27NO5S2/c1-13-10-17(14(2)9-16(13)24-3)26(22,23)18-12-25(20,21)11-15(18)19-7-5-4-6-8-19/h9-10,15,18H,4-8,11-12H2,1-3H3/t15-,18-/m0/s1. The Kier molecular flexibility index (Phi) is 5.38. The second kappa shape index (κ2) is 7.13. The highest BCUT2D eigenvalue weighted by molar-refractivity contribution is 7.96. The fourth-order valence-electron chi connectivity index (χ4n) is 4.14. The van der Waals surface area contributed by atoms with E-state index in [2.05, 4.69) is 4.90 Å². The van der Waals surface area contributed by atoms with Crippen molar-refractivity contribution in [3.05, 3.63) is 23.3 Å². The van der Waals surface area contributed by atoms with Crippen LogP contribution in [-0.4, -0.2) is 64.7 Å². The van der Waals surface area contributed by atoms with Crippen LogP contribution in [0.15, 0.2) is 17.0 Å². The first kappa shape index (κ1) is 19.6. The van der Waals surface area contributed by atoms with Crippen molar-refractivity contribution < 1.29 is 21.6 Å². The van der Waals surface area contributed by atoms with Crippen LogP contribution in [-0.2, 0) is 19.7 Å². The Morgan fingerprint density at radius 1 is 1.04 bits per heavy atom. The van der Waals surface area contributed by atoms with Crippen molar-refractivity contribution in [2.45, 2.75) is 49.3 Å². The second-order valence-corrected chi connectivity index (χ2v) is 11.7. The summed E-state index contributed by atoms with van der Waals surface area (Å²) in [6.45, 7) is 5.07. The van der Waals surface area contributed by atoms with E-state index in [0.29, 0.717) is 11.3 Å². The number of piperidine rings is 1. The van der Waals surface area contributed by atoms with Crippen molar-refractivity contribution in [3.63, 3.8) is 0 Å². The maximum absolute atomic E-state index is 13.4. The Hall–Kier alpha value is -1.12. The van der Waals surface area contributed by atoms with Gasteiger partial charge in [-0.05, 0) is 63.0 Å². The number of benzene rings is 1. The fourth-order valence-corrected chi connectivity index (χ4v) is 9.28. The van der Waals surface area contributed by atoms with Gasteiger partial charge in [-0.25, -0.2) is 16.8 Å². The topological polar surface area (TPSA) is 80.8 Å². The van der Waals surface area contributed by atoms with Gasteiger partial charge in [0, 0.05) is 6.04 Å². The zero-order valence-corrected chi connectivity index (χ0v) is 17.2. The van der Waals surface area contributed by atoms with Crippen molar-refractivity contribution in [1.82, 2.24) is 4.90 Å². The van der Waals surface area contributed by atoms with Crippen molar-refractivity contribution in [3.8, 4) is 5.75 Å². The van der Waals surface area contributed by atoms with E-state index in [0.717, 1.165) is 37.9 Å². The molecule has 0 spiro atoms. The molecular formula is C18H27NO5S2. The minimum absolute atomic E-state index is 0.0644. The number of methoxy groups -OCH3 is 1. The zero-order valence-electron chi connectivity index (χ0n) is 15.6. The molecule has 26 heavy (non-hydrogen) atoms. The lowest BCUT2D eigenvalue weighted by Gasteiger charge is -2.34. The van der Waals surface area contributed by atoms with E-state index in [1.165, 1.54) is 0 Å². The van der Waals surface area contributed by atoms with Gasteiger partial charge in [-0.15, -0.1) is 0 Å². The van der Waals surface area contributed by atoms with Crippen LogP contribution in [0, 0.1) is 13.8 Å². The van der Waals surface area contributed by atoms with Crippen molar-refractivity contribution >= 4 is 19.7 Å². The van der Waals surface area contributed by atoms with E-state index in [1.54, 1.807) is 33.1 Å². The Labute approximate surface area is 156 Å². The van der Waals surface area contributed by atoms with Gasteiger partial charge >= 0.3 is 0 Å². The number of hydrogen-bond acceptors (Lipinski definition) is 6. The van der Waals surface area contributed by atoms with Gasteiger partial charge in [-0.2, -0.15) is 0 Å². The molecule has 0 bridgehead atoms. The van der Waals surface area contributed by atoms with Crippen LogP contribution < -0.4 is 4.74 Å². The molecule has 0 aromatic heterocycles. The average molecular weight is 402 g/mol. The molecule has 0 saturated carbocycles. The van der Waals surface area contributed by atoms with Crippen LogP contribution in [0.25, 0.3) is 0 Å². The third-order valence-corrected chi connectivity index (χ3v) is 9.79. The lowest BCUT2D eigenvalue weighted by atomic mass is 10.1. The lowest BCUT2D eigenvalue weighted by Crippen LogP contribution is -2.48. The van der Waals surface area contributed by atoms with Gasteiger partial charge in [0.05, 0.1) is 28.8 Å². The predicted molar refractivity (Wildman–Crippen MR) is 101 cm³/mol. The monoisotopic (exact) mass is 401 g/mol. The molecule has 1 aromatic carbocycles. The highest BCUT2D eigenvalue weighted by atomic mass is 32.2. The van der Waals surface area contributed by atoms with E-state index < -0.39 is 31.0 Å². The van der Waals surface area contributed by atoms with Crippen LogP contribution in [0.2, 0.25) is 0 Å². The summed E-state index contributed by atoms with van der Waals surface area (Å²) in [4.78, 5) is 2.29. The number of ether oxygens (including phenoxy) is 1. The molecule has 0 aliphatic carbocycles. The molecule has 146 valence electrons. The van der Waals surface area contributed by atoms with E-state index in [9.17, 15) is 16.8 Å². The molecule has 0 unspecified atom stereocenters. The number of sulfone groups is 2. The van der Waals surface area contributed by atoms with Gasteiger partial charge in [0.2, 0.25) is 0 Å². The van der Waals surface area contributed by atoms with Gasteiger partial charge in [-0.3, -0.25) is 4.90 Å². The summed E-state index contributed by atoms with van der Waals surface area (Å²) in [7, 11) is -5.58. The first-order valence-corrected chi connectivity index (χ1v) is 12.4. The smallest absolute Gasteiger partial charge is 0.184 e. The molecule has 2 aliphatic rings. The molecule has 0 amide bonds. The number of aryl methyl sites for hydroxylation is 2. The average Bonchev–Trinajstić information content (AvgIpc) is 2.93. The summed E-state index contributed by atoms with van der Waals surface area (Å²) in [6, 6.07) is 2.87. The molecule has 2 saturated heterocycles. The molecule has 0 N–H and O–H groups in total. The van der Waals surface area contributed by atoms with Crippen LogP contribution in [0.1, 0.15) is 30.4 Å². The normalized spacial score (nSPS) is 26.7. The van der Waals surface area contributed by atoms with Gasteiger partial charge in [0.25, 0.3) is 0 Å². The Bertz CT molecular complexity index is 886. The van der Waals surface area contributed by atoms with Gasteiger partial charge in [-0.1, -0.05) is 6.42 Å². The summed E-state index contributed by atoms with van der Waals surface area (Å²) >= 11 is 0. The highest BCUT2D eigenvalue weighted by Gasteiger charge is 2.48. The van der Waals surface area contributed by atoms with E-state index in [1.807, 2.05) is 0 Å². The largest absolute Gasteiger partial charge is 0.496 e. The maximum atomic E-state index is 13.4. The van der Waals surface area contributed by atoms with Crippen LogP contribution >= 0.6 is 0 Å². The zero-order chi connectivity index (χ0) is 19.1. The van der Waals surface area contributed by atoms with Gasteiger partial charge in [0.15, 0.2) is 19.7 Å². The first-order valence-electron chi connectivity index (χ1n) is 8.99. The lowest BCUT2D eigenvalue weighted by molar-refractivity contribution is 0.178. The number of rotatable bonds is 4. The van der Waals surface area contributed by atoms with Gasteiger partial charge in [0.1, 0.15) is 5.75 Å². The summed E-state index contributed by atoms with van der Waals surface area (Å²) in [5.74, 6) is 0.277. The molecule has 2 atom stereocenters. The molecular weight excluding hydrogens is 374 g/mol. The van der Waals surface area contributed by atoms with Crippen molar-refractivity contribution in [2.24, 2.45) is 0 Å². The quantitative estimate of drug-likeness (QED) is 0.764. The molecule has 2 aliphatic heterocycles. The molecule has 0 radical (unpaired) electrons. The third-order valence-electron chi connectivity index (χ3n) is 5.53. The second-order valence-electron chi connectivity index (χ2n) is 7.41. The van der Waals surface area contributed by atoms with E-state index >= 15 is 0 Å². The van der Waals surface area contributed by atoms with Crippen molar-refractivity contribution in [1.29, 1.82) is 0 Å². The number of likely N-dealkylation sites (tertiary alicyclic amines) is 1. The first-order chi connectivity index (χ1) is 12.2. The summed E-state index contributed by atoms with van der Waals surface area (Å²) in [5.41, 5.74) is 1.32. The van der Waals surface area contributed by atoms with Crippen LogP contribution in [0.5, 0.6) is 5.75 Å². The fraction of sp³-hybridized carbons (Fsp3) is 0.667. The Morgan fingerprint density at radius 3 is 2.31 bits per heavy atom. The molecule has 2 heterocycles. The minimum Gasteiger partial charge on any atom is -0.496 e. The maximum Gasteiger partial charge on any atom is 0.184 e. The van der Waals surface area contributed by atoms with Crippen molar-refractivity contribution in [2.75, 3.05) is 31.7 Å². The molecule has 6 nitrogen and oxygen atoms in total. The number of hydrogen-bond donors (Lipinski definition) is 0. The summed E-state index contributed by atoms with van der Waals surface area (Å²) < 4.78 is 56.7. The molecule has 1 aromatic rings. The molecule has 2 fully saturated rings. The third kappa shape index (κ3) is 3.64. The van der Waals surface area contributed by atoms with Crippen LogP contribution in [0.3, 0.4) is 0 Å². The summed E-state index contributed by atoms with van der Waals surface area (Å²) in [6.07, 6.45) is 3.10.